The van der Waals surface area contributed by atoms with Gasteiger partial charge in [-0.25, -0.2) is 4.99 Å². The van der Waals surface area contributed by atoms with Gasteiger partial charge in [0.15, 0.2) is 5.17 Å². The zero-order chi connectivity index (χ0) is 21.1. The minimum absolute atomic E-state index is 0.00859. The summed E-state index contributed by atoms with van der Waals surface area (Å²) in [5, 5.41) is 3.57. The van der Waals surface area contributed by atoms with Crippen molar-refractivity contribution >= 4 is 34.8 Å². The van der Waals surface area contributed by atoms with E-state index < -0.39 is 0 Å². The van der Waals surface area contributed by atoms with Crippen LogP contribution >= 0.6 is 11.8 Å². The Bertz CT molecular complexity index is 741. The maximum atomic E-state index is 12.6. The standard InChI is InChI=1S/C23H33N3O2S/c1-4-6-7-8-9-10-15-24-21(27)17-29-23-25-20(22(28)26(23)5-2)16-19-13-11-18(3)12-14-19/h11-14,16H,4-10,15,17H2,1-3H3,(H,24,27). The number of thioether (sulfide) groups is 1. The number of hydrogen-bond acceptors (Lipinski definition) is 4. The Balaban J connectivity index is 1.82. The van der Waals surface area contributed by atoms with Crippen molar-refractivity contribution in [3.8, 4) is 0 Å². The summed E-state index contributed by atoms with van der Waals surface area (Å²) in [6.07, 6.45) is 9.03. The number of rotatable bonds is 11. The van der Waals surface area contributed by atoms with E-state index >= 15 is 0 Å². The van der Waals surface area contributed by atoms with E-state index in [1.54, 1.807) is 11.0 Å². The van der Waals surface area contributed by atoms with Crippen LogP contribution in [0.3, 0.4) is 0 Å². The highest BCUT2D eigenvalue weighted by molar-refractivity contribution is 8.14. The summed E-state index contributed by atoms with van der Waals surface area (Å²) in [6.45, 7) is 7.41. The van der Waals surface area contributed by atoms with Crippen LogP contribution < -0.4 is 5.32 Å². The van der Waals surface area contributed by atoms with E-state index in [4.69, 9.17) is 0 Å². The minimum Gasteiger partial charge on any atom is -0.355 e. The average molecular weight is 416 g/mol. The van der Waals surface area contributed by atoms with Gasteiger partial charge in [-0.15, -0.1) is 0 Å². The third kappa shape index (κ3) is 7.69. The molecule has 1 aromatic carbocycles. The molecule has 29 heavy (non-hydrogen) atoms. The highest BCUT2D eigenvalue weighted by atomic mass is 32.2. The van der Waals surface area contributed by atoms with E-state index in [2.05, 4.69) is 17.2 Å². The Hall–Kier alpha value is -2.08. The van der Waals surface area contributed by atoms with Gasteiger partial charge in [-0.3, -0.25) is 14.5 Å². The second kappa shape index (κ2) is 12.5. The monoisotopic (exact) mass is 415 g/mol. The van der Waals surface area contributed by atoms with Gasteiger partial charge in [-0.05, 0) is 31.9 Å². The highest BCUT2D eigenvalue weighted by Gasteiger charge is 2.29. The fourth-order valence-corrected chi connectivity index (χ4v) is 3.95. The van der Waals surface area contributed by atoms with Gasteiger partial charge in [-0.2, -0.15) is 0 Å². The average Bonchev–Trinajstić information content (AvgIpc) is 3.02. The van der Waals surface area contributed by atoms with Crippen LogP contribution in [0.1, 0.15) is 63.5 Å². The number of aryl methyl sites for hydroxylation is 1. The van der Waals surface area contributed by atoms with E-state index in [-0.39, 0.29) is 17.6 Å². The van der Waals surface area contributed by atoms with Crippen LogP contribution in [0.4, 0.5) is 0 Å². The Morgan fingerprint density at radius 1 is 1.10 bits per heavy atom. The molecule has 0 unspecified atom stereocenters. The lowest BCUT2D eigenvalue weighted by molar-refractivity contribution is -0.122. The molecule has 2 rings (SSSR count). The van der Waals surface area contributed by atoms with Crippen molar-refractivity contribution in [1.82, 2.24) is 10.2 Å². The summed E-state index contributed by atoms with van der Waals surface area (Å²) < 4.78 is 0. The molecule has 6 heteroatoms. The number of carbonyl (C=O) groups excluding carboxylic acids is 2. The maximum Gasteiger partial charge on any atom is 0.278 e. The number of amides is 2. The van der Waals surface area contributed by atoms with E-state index in [0.29, 0.717) is 24.0 Å². The molecule has 2 amide bonds. The quantitative estimate of drug-likeness (QED) is 0.418. The van der Waals surface area contributed by atoms with E-state index in [9.17, 15) is 9.59 Å². The Labute approximate surface area is 179 Å². The van der Waals surface area contributed by atoms with Crippen LogP contribution in [-0.2, 0) is 9.59 Å². The lowest BCUT2D eigenvalue weighted by atomic mass is 10.1. The number of unbranched alkanes of at least 4 members (excludes halogenated alkanes) is 5. The molecule has 0 saturated heterocycles. The topological polar surface area (TPSA) is 61.8 Å². The molecular weight excluding hydrogens is 382 g/mol. The van der Waals surface area contributed by atoms with Crippen LogP contribution in [0.15, 0.2) is 35.0 Å². The van der Waals surface area contributed by atoms with Crippen molar-refractivity contribution in [1.29, 1.82) is 0 Å². The number of hydrogen-bond donors (Lipinski definition) is 1. The smallest absolute Gasteiger partial charge is 0.278 e. The molecule has 0 saturated carbocycles. The summed E-state index contributed by atoms with van der Waals surface area (Å²) in [5.41, 5.74) is 2.54. The molecule has 0 fully saturated rings. The molecule has 1 aromatic rings. The minimum atomic E-state index is -0.108. The lowest BCUT2D eigenvalue weighted by Gasteiger charge is -2.14. The van der Waals surface area contributed by atoms with Crippen LogP contribution in [0.2, 0.25) is 0 Å². The van der Waals surface area contributed by atoms with Crippen molar-refractivity contribution in [2.45, 2.75) is 59.3 Å². The van der Waals surface area contributed by atoms with Crippen molar-refractivity contribution in [3.63, 3.8) is 0 Å². The molecular formula is C23H33N3O2S. The van der Waals surface area contributed by atoms with Crippen LogP contribution in [0.5, 0.6) is 0 Å². The first kappa shape index (κ1) is 23.2. The lowest BCUT2D eigenvalue weighted by Crippen LogP contribution is -2.32. The second-order valence-electron chi connectivity index (χ2n) is 7.29. The van der Waals surface area contributed by atoms with Gasteiger partial charge in [0, 0.05) is 13.1 Å². The Kier molecular flexibility index (Phi) is 9.98. The molecule has 0 radical (unpaired) electrons. The molecule has 5 nitrogen and oxygen atoms in total. The number of nitrogens with one attached hydrogen (secondary N) is 1. The van der Waals surface area contributed by atoms with Gasteiger partial charge in [0.2, 0.25) is 5.91 Å². The molecule has 0 atom stereocenters. The zero-order valence-electron chi connectivity index (χ0n) is 17.9. The maximum absolute atomic E-state index is 12.6. The van der Waals surface area contributed by atoms with E-state index in [1.165, 1.54) is 43.0 Å². The molecule has 0 bridgehead atoms. The Morgan fingerprint density at radius 3 is 2.48 bits per heavy atom. The van der Waals surface area contributed by atoms with Crippen LogP contribution in [0.25, 0.3) is 6.08 Å². The molecule has 1 aliphatic heterocycles. The fourth-order valence-electron chi connectivity index (χ4n) is 3.05. The van der Waals surface area contributed by atoms with Crippen molar-refractivity contribution in [2.24, 2.45) is 4.99 Å². The molecule has 1 N–H and O–H groups in total. The van der Waals surface area contributed by atoms with Crippen molar-refractivity contribution in [2.75, 3.05) is 18.8 Å². The number of aliphatic imine (C=N–C) groups is 1. The Morgan fingerprint density at radius 2 is 1.79 bits per heavy atom. The van der Waals surface area contributed by atoms with E-state index in [0.717, 1.165) is 18.4 Å². The first-order chi connectivity index (χ1) is 14.0. The fraction of sp³-hybridized carbons (Fsp3) is 0.522. The number of likely N-dealkylation sites (N-methyl/N-ethyl adjacent to an activating group) is 1. The zero-order valence-corrected chi connectivity index (χ0v) is 18.7. The van der Waals surface area contributed by atoms with Gasteiger partial charge in [0.25, 0.3) is 5.91 Å². The van der Waals surface area contributed by atoms with Crippen LogP contribution in [-0.4, -0.2) is 40.7 Å². The molecule has 0 spiro atoms. The SMILES string of the molecule is CCCCCCCCNC(=O)CSC1=NC(=Cc2ccc(C)cc2)C(=O)N1CC. The van der Waals surface area contributed by atoms with E-state index in [1.807, 2.05) is 38.1 Å². The molecule has 158 valence electrons. The molecule has 0 aliphatic carbocycles. The number of benzene rings is 1. The van der Waals surface area contributed by atoms with Gasteiger partial charge in [0.05, 0.1) is 5.75 Å². The molecule has 1 heterocycles. The molecule has 1 aliphatic rings. The largest absolute Gasteiger partial charge is 0.355 e. The number of nitrogens with zero attached hydrogens (tertiary/aromatic N) is 2. The first-order valence-electron chi connectivity index (χ1n) is 10.6. The number of amidine groups is 1. The van der Waals surface area contributed by atoms with Gasteiger partial charge < -0.3 is 5.32 Å². The first-order valence-corrected chi connectivity index (χ1v) is 11.6. The van der Waals surface area contributed by atoms with Crippen molar-refractivity contribution in [3.05, 3.63) is 41.1 Å². The van der Waals surface area contributed by atoms with Gasteiger partial charge >= 0.3 is 0 Å². The molecule has 0 aromatic heterocycles. The summed E-state index contributed by atoms with van der Waals surface area (Å²) in [7, 11) is 0. The van der Waals surface area contributed by atoms with Crippen molar-refractivity contribution < 1.29 is 9.59 Å². The van der Waals surface area contributed by atoms with Gasteiger partial charge in [0.1, 0.15) is 5.70 Å². The predicted octanol–water partition coefficient (Wildman–Crippen LogP) is 4.76. The van der Waals surface area contributed by atoms with Crippen LogP contribution in [0, 0.1) is 6.92 Å². The second-order valence-corrected chi connectivity index (χ2v) is 8.23. The number of carbonyl (C=O) groups is 2. The summed E-state index contributed by atoms with van der Waals surface area (Å²) in [6, 6.07) is 7.97. The third-order valence-corrected chi connectivity index (χ3v) is 5.77. The normalized spacial score (nSPS) is 15.1. The summed E-state index contributed by atoms with van der Waals surface area (Å²) in [4.78, 5) is 30.8. The third-order valence-electron chi connectivity index (χ3n) is 4.79. The van der Waals surface area contributed by atoms with Gasteiger partial charge in [-0.1, -0.05) is 80.6 Å². The summed E-state index contributed by atoms with van der Waals surface area (Å²) >= 11 is 1.32. The predicted molar refractivity (Wildman–Crippen MR) is 123 cm³/mol. The summed E-state index contributed by atoms with van der Waals surface area (Å²) in [5.74, 6) is 0.157. The highest BCUT2D eigenvalue weighted by Crippen LogP contribution is 2.23.